The zero-order valence-electron chi connectivity index (χ0n) is 10.4. The minimum Gasteiger partial charge on any atom is -0.339 e. The summed E-state index contributed by atoms with van der Waals surface area (Å²) in [5.74, 6) is 2.42. The first kappa shape index (κ1) is 11.4. The van der Waals surface area contributed by atoms with Crippen LogP contribution in [-0.2, 0) is 12.8 Å². The maximum atomic E-state index is 5.27. The lowest BCUT2D eigenvalue weighted by atomic mass is 9.82. The van der Waals surface area contributed by atoms with Crippen LogP contribution < -0.4 is 0 Å². The average Bonchev–Trinajstić information content (AvgIpc) is 2.76. The van der Waals surface area contributed by atoms with E-state index in [1.807, 2.05) is 18.3 Å². The summed E-state index contributed by atoms with van der Waals surface area (Å²) >= 11 is 0. The summed E-state index contributed by atoms with van der Waals surface area (Å²) in [4.78, 5) is 8.51. The van der Waals surface area contributed by atoms with Crippen LogP contribution in [0.25, 0.3) is 0 Å². The molecule has 0 saturated heterocycles. The molecule has 0 radical (unpaired) electrons. The van der Waals surface area contributed by atoms with Gasteiger partial charge in [0.25, 0.3) is 0 Å². The van der Waals surface area contributed by atoms with E-state index in [4.69, 9.17) is 4.52 Å². The van der Waals surface area contributed by atoms with E-state index in [1.54, 1.807) is 6.20 Å². The van der Waals surface area contributed by atoms with Gasteiger partial charge in [-0.3, -0.25) is 4.98 Å². The van der Waals surface area contributed by atoms with Gasteiger partial charge in [0.1, 0.15) is 0 Å². The molecule has 3 rings (SSSR count). The molecule has 94 valence electrons. The van der Waals surface area contributed by atoms with Crippen LogP contribution in [0.3, 0.4) is 0 Å². The Morgan fingerprint density at radius 3 is 3.00 bits per heavy atom. The summed E-state index contributed by atoms with van der Waals surface area (Å²) in [6.07, 6.45) is 10.5. The highest BCUT2D eigenvalue weighted by Crippen LogP contribution is 2.30. The third-order valence-electron chi connectivity index (χ3n) is 3.59. The normalized spacial score (nSPS) is 15.6. The second-order valence-corrected chi connectivity index (χ2v) is 4.98. The van der Waals surface area contributed by atoms with Crippen molar-refractivity contribution in [1.29, 1.82) is 0 Å². The minimum atomic E-state index is 0.695. The summed E-state index contributed by atoms with van der Waals surface area (Å²) in [6, 6.07) is 3.95. The molecule has 1 saturated carbocycles. The predicted octanol–water partition coefficient (Wildman–Crippen LogP) is 2.79. The molecule has 2 heterocycles. The topological polar surface area (TPSA) is 51.8 Å². The second kappa shape index (κ2) is 5.29. The Balaban J connectivity index is 1.55. The van der Waals surface area contributed by atoms with Gasteiger partial charge in [0.2, 0.25) is 5.89 Å². The largest absolute Gasteiger partial charge is 0.339 e. The smallest absolute Gasteiger partial charge is 0.226 e. The third kappa shape index (κ3) is 2.75. The van der Waals surface area contributed by atoms with Gasteiger partial charge in [0.15, 0.2) is 5.82 Å². The van der Waals surface area contributed by atoms with Crippen molar-refractivity contribution in [1.82, 2.24) is 15.1 Å². The maximum Gasteiger partial charge on any atom is 0.226 e. The van der Waals surface area contributed by atoms with E-state index in [9.17, 15) is 0 Å². The molecule has 1 aliphatic rings. The summed E-state index contributed by atoms with van der Waals surface area (Å²) < 4.78 is 5.27. The predicted molar refractivity (Wildman–Crippen MR) is 67.0 cm³/mol. The molecular formula is C14H17N3O. The van der Waals surface area contributed by atoms with E-state index in [0.717, 1.165) is 29.6 Å². The third-order valence-corrected chi connectivity index (χ3v) is 3.59. The van der Waals surface area contributed by atoms with Gasteiger partial charge >= 0.3 is 0 Å². The summed E-state index contributed by atoms with van der Waals surface area (Å²) in [5.41, 5.74) is 1.11. The Bertz CT molecular complexity index is 491. The van der Waals surface area contributed by atoms with Gasteiger partial charge < -0.3 is 4.52 Å². The van der Waals surface area contributed by atoms with Crippen LogP contribution in [0.4, 0.5) is 0 Å². The van der Waals surface area contributed by atoms with E-state index in [0.29, 0.717) is 6.42 Å². The number of aryl methyl sites for hydroxylation is 1. The van der Waals surface area contributed by atoms with Gasteiger partial charge in [-0.1, -0.05) is 30.5 Å². The minimum absolute atomic E-state index is 0.695. The number of nitrogens with zero attached hydrogens (tertiary/aromatic N) is 3. The first-order valence-corrected chi connectivity index (χ1v) is 6.60. The fourth-order valence-electron chi connectivity index (χ4n) is 2.26. The molecule has 0 bridgehead atoms. The van der Waals surface area contributed by atoms with Crippen LogP contribution in [0.1, 0.15) is 43.0 Å². The van der Waals surface area contributed by atoms with Crippen molar-refractivity contribution in [2.45, 2.75) is 38.5 Å². The van der Waals surface area contributed by atoms with Crippen molar-refractivity contribution in [3.05, 3.63) is 41.8 Å². The van der Waals surface area contributed by atoms with Gasteiger partial charge in [0, 0.05) is 25.2 Å². The van der Waals surface area contributed by atoms with Crippen molar-refractivity contribution < 1.29 is 4.52 Å². The molecule has 4 nitrogen and oxygen atoms in total. The van der Waals surface area contributed by atoms with E-state index in [-0.39, 0.29) is 0 Å². The monoisotopic (exact) mass is 243 g/mol. The average molecular weight is 243 g/mol. The molecule has 18 heavy (non-hydrogen) atoms. The number of hydrogen-bond acceptors (Lipinski definition) is 4. The molecule has 0 aromatic carbocycles. The van der Waals surface area contributed by atoms with Crippen molar-refractivity contribution in [3.63, 3.8) is 0 Å². The second-order valence-electron chi connectivity index (χ2n) is 4.98. The molecule has 1 aliphatic carbocycles. The molecule has 0 unspecified atom stereocenters. The molecule has 4 heteroatoms. The highest BCUT2D eigenvalue weighted by molar-refractivity contribution is 5.13. The summed E-state index contributed by atoms with van der Waals surface area (Å²) in [6.45, 7) is 0. The molecule has 2 aromatic rings. The van der Waals surface area contributed by atoms with Gasteiger partial charge in [-0.05, 0) is 24.0 Å². The van der Waals surface area contributed by atoms with Gasteiger partial charge in [-0.15, -0.1) is 0 Å². The van der Waals surface area contributed by atoms with Crippen LogP contribution in [0.5, 0.6) is 0 Å². The number of hydrogen-bond donors (Lipinski definition) is 0. The highest BCUT2D eigenvalue weighted by atomic mass is 16.5. The summed E-state index contributed by atoms with van der Waals surface area (Å²) in [5, 5.41) is 4.02. The highest BCUT2D eigenvalue weighted by Gasteiger charge is 2.18. The summed E-state index contributed by atoms with van der Waals surface area (Å²) in [7, 11) is 0. The lowest BCUT2D eigenvalue weighted by Gasteiger charge is -2.24. The zero-order chi connectivity index (χ0) is 12.2. The van der Waals surface area contributed by atoms with Crippen LogP contribution in [0.15, 0.2) is 29.0 Å². The van der Waals surface area contributed by atoms with E-state index >= 15 is 0 Å². The lowest BCUT2D eigenvalue weighted by molar-refractivity contribution is 0.280. The van der Waals surface area contributed by atoms with E-state index in [2.05, 4.69) is 15.1 Å². The Hall–Kier alpha value is -1.71. The molecule has 0 atom stereocenters. The van der Waals surface area contributed by atoms with Crippen molar-refractivity contribution in [2.24, 2.45) is 5.92 Å². The Labute approximate surface area is 106 Å². The molecule has 2 aromatic heterocycles. The SMILES string of the molecule is c1cncc(Cc2noc(CCC3CCC3)n2)c1. The van der Waals surface area contributed by atoms with Crippen molar-refractivity contribution in [2.75, 3.05) is 0 Å². The van der Waals surface area contributed by atoms with Crippen molar-refractivity contribution in [3.8, 4) is 0 Å². The number of rotatable bonds is 5. The Morgan fingerprint density at radius 2 is 2.28 bits per heavy atom. The van der Waals surface area contributed by atoms with E-state index < -0.39 is 0 Å². The molecular weight excluding hydrogens is 226 g/mol. The van der Waals surface area contributed by atoms with Crippen LogP contribution >= 0.6 is 0 Å². The Kier molecular flexibility index (Phi) is 3.35. The fourth-order valence-corrected chi connectivity index (χ4v) is 2.26. The lowest BCUT2D eigenvalue weighted by Crippen LogP contribution is -2.11. The van der Waals surface area contributed by atoms with Crippen LogP contribution in [0, 0.1) is 5.92 Å². The zero-order valence-corrected chi connectivity index (χ0v) is 10.4. The first-order valence-electron chi connectivity index (χ1n) is 6.60. The fraction of sp³-hybridized carbons (Fsp3) is 0.500. The molecule has 0 N–H and O–H groups in total. The van der Waals surface area contributed by atoms with E-state index in [1.165, 1.54) is 25.7 Å². The molecule has 0 aliphatic heterocycles. The van der Waals surface area contributed by atoms with Gasteiger partial charge in [0.05, 0.1) is 0 Å². The molecule has 0 amide bonds. The first-order chi connectivity index (χ1) is 8.90. The van der Waals surface area contributed by atoms with Gasteiger partial charge in [-0.2, -0.15) is 4.98 Å². The molecule has 1 fully saturated rings. The molecule has 0 spiro atoms. The standard InChI is InChI=1S/C14H17N3O/c1-3-11(4-1)6-7-14-16-13(17-18-14)9-12-5-2-8-15-10-12/h2,5,8,10-11H,1,3-4,6-7,9H2. The quantitative estimate of drug-likeness (QED) is 0.810. The Morgan fingerprint density at radius 1 is 1.33 bits per heavy atom. The number of pyridine rings is 1. The van der Waals surface area contributed by atoms with Crippen LogP contribution in [-0.4, -0.2) is 15.1 Å². The van der Waals surface area contributed by atoms with Crippen LogP contribution in [0.2, 0.25) is 0 Å². The van der Waals surface area contributed by atoms with Gasteiger partial charge in [-0.25, -0.2) is 0 Å². The maximum absolute atomic E-state index is 5.27. The number of aromatic nitrogens is 3. The van der Waals surface area contributed by atoms with Crippen molar-refractivity contribution >= 4 is 0 Å².